The highest BCUT2D eigenvalue weighted by atomic mass is 16.5. The third-order valence-electron chi connectivity index (χ3n) is 2.70. The summed E-state index contributed by atoms with van der Waals surface area (Å²) < 4.78 is 7.79. The Kier molecular flexibility index (Phi) is 2.88. The third-order valence-corrected chi connectivity index (χ3v) is 2.70. The van der Waals surface area contributed by atoms with E-state index >= 15 is 0 Å². The second-order valence-electron chi connectivity index (χ2n) is 4.29. The Hall–Kier alpha value is -1.48. The minimum Gasteiger partial charge on any atom is -0.491 e. The van der Waals surface area contributed by atoms with Crippen LogP contribution < -0.4 is 10.5 Å². The number of hydrogen-bond acceptors (Lipinski definition) is 2. The van der Waals surface area contributed by atoms with Crippen LogP contribution in [0.1, 0.15) is 19.5 Å². The summed E-state index contributed by atoms with van der Waals surface area (Å²) >= 11 is 0. The lowest BCUT2D eigenvalue weighted by Gasteiger charge is -2.10. The maximum atomic E-state index is 5.68. The number of aromatic nitrogens is 1. The van der Waals surface area contributed by atoms with E-state index in [1.54, 1.807) is 0 Å². The van der Waals surface area contributed by atoms with Crippen molar-refractivity contribution in [1.82, 2.24) is 4.57 Å². The zero-order valence-corrected chi connectivity index (χ0v) is 10.0. The van der Waals surface area contributed by atoms with Crippen LogP contribution in [0.25, 0.3) is 10.9 Å². The van der Waals surface area contributed by atoms with Gasteiger partial charge in [0, 0.05) is 30.7 Å². The molecule has 0 radical (unpaired) electrons. The number of ether oxygens (including phenoxy) is 1. The first-order chi connectivity index (χ1) is 7.61. The molecule has 0 unspecified atom stereocenters. The second-order valence-corrected chi connectivity index (χ2v) is 4.29. The van der Waals surface area contributed by atoms with E-state index in [4.69, 9.17) is 10.5 Å². The lowest BCUT2D eigenvalue weighted by molar-refractivity contribution is 0.242. The molecule has 0 bridgehead atoms. The highest BCUT2D eigenvalue weighted by Gasteiger charge is 2.06. The highest BCUT2D eigenvalue weighted by Crippen LogP contribution is 2.24. The van der Waals surface area contributed by atoms with Gasteiger partial charge in [-0.15, -0.1) is 0 Å². The van der Waals surface area contributed by atoms with Crippen LogP contribution in [0.3, 0.4) is 0 Å². The van der Waals surface area contributed by atoms with E-state index in [1.165, 1.54) is 10.9 Å². The van der Waals surface area contributed by atoms with Gasteiger partial charge >= 0.3 is 0 Å². The van der Waals surface area contributed by atoms with Gasteiger partial charge in [0.15, 0.2) is 0 Å². The van der Waals surface area contributed by atoms with Gasteiger partial charge in [0.2, 0.25) is 0 Å². The topological polar surface area (TPSA) is 40.2 Å². The molecule has 0 saturated carbocycles. The van der Waals surface area contributed by atoms with Gasteiger partial charge in [0.05, 0.1) is 11.6 Å². The zero-order chi connectivity index (χ0) is 11.7. The molecule has 0 fully saturated rings. The first-order valence-electron chi connectivity index (χ1n) is 5.57. The number of nitrogens with zero attached hydrogens (tertiary/aromatic N) is 1. The number of rotatable bonds is 3. The predicted octanol–water partition coefficient (Wildman–Crippen LogP) is 2.42. The Balaban J connectivity index is 2.48. The molecule has 0 aliphatic heterocycles. The van der Waals surface area contributed by atoms with Crippen molar-refractivity contribution in [1.29, 1.82) is 0 Å². The van der Waals surface area contributed by atoms with Gasteiger partial charge in [-0.2, -0.15) is 0 Å². The van der Waals surface area contributed by atoms with Crippen molar-refractivity contribution in [2.75, 3.05) is 0 Å². The Morgan fingerprint density at radius 2 is 2.06 bits per heavy atom. The number of nitrogens with two attached hydrogens (primary N) is 1. The Morgan fingerprint density at radius 3 is 2.69 bits per heavy atom. The van der Waals surface area contributed by atoms with Crippen molar-refractivity contribution in [3.8, 4) is 5.75 Å². The molecular weight excluding hydrogens is 200 g/mol. The molecule has 16 heavy (non-hydrogen) atoms. The van der Waals surface area contributed by atoms with Crippen LogP contribution in [0, 0.1) is 0 Å². The highest BCUT2D eigenvalue weighted by molar-refractivity contribution is 5.82. The molecule has 86 valence electrons. The largest absolute Gasteiger partial charge is 0.491 e. The summed E-state index contributed by atoms with van der Waals surface area (Å²) in [5, 5.41) is 1.21. The quantitative estimate of drug-likeness (QED) is 0.859. The van der Waals surface area contributed by atoms with E-state index in [1.807, 2.05) is 27.0 Å². The molecule has 3 nitrogen and oxygen atoms in total. The predicted molar refractivity (Wildman–Crippen MR) is 66.6 cm³/mol. The van der Waals surface area contributed by atoms with E-state index < -0.39 is 0 Å². The van der Waals surface area contributed by atoms with Crippen LogP contribution in [0.2, 0.25) is 0 Å². The molecule has 0 saturated heterocycles. The van der Waals surface area contributed by atoms with Crippen molar-refractivity contribution in [2.45, 2.75) is 26.5 Å². The number of benzene rings is 1. The van der Waals surface area contributed by atoms with Crippen LogP contribution in [0.15, 0.2) is 24.3 Å². The average molecular weight is 218 g/mol. The van der Waals surface area contributed by atoms with E-state index in [-0.39, 0.29) is 6.10 Å². The summed E-state index contributed by atoms with van der Waals surface area (Å²) in [6.07, 6.45) is 0.201. The van der Waals surface area contributed by atoms with Crippen LogP contribution >= 0.6 is 0 Å². The molecule has 0 spiro atoms. The van der Waals surface area contributed by atoms with Crippen molar-refractivity contribution in [3.05, 3.63) is 30.0 Å². The van der Waals surface area contributed by atoms with E-state index in [9.17, 15) is 0 Å². The molecular formula is C13H18N2O. The number of aryl methyl sites for hydroxylation is 1. The van der Waals surface area contributed by atoms with Crippen LogP contribution in [-0.2, 0) is 13.6 Å². The molecule has 2 N–H and O–H groups in total. The molecule has 0 aliphatic carbocycles. The van der Waals surface area contributed by atoms with E-state index in [0.29, 0.717) is 6.54 Å². The van der Waals surface area contributed by atoms with Crippen molar-refractivity contribution >= 4 is 10.9 Å². The molecule has 0 amide bonds. The fourth-order valence-corrected chi connectivity index (χ4v) is 1.91. The summed E-state index contributed by atoms with van der Waals surface area (Å²) in [6, 6.07) is 8.26. The first kappa shape index (κ1) is 11.0. The monoisotopic (exact) mass is 218 g/mol. The molecule has 0 atom stereocenters. The maximum Gasteiger partial charge on any atom is 0.121 e. The standard InChI is InChI=1S/C13H18N2O/c1-9(2)16-12-5-4-10-6-11(8-14)15(3)13(10)7-12/h4-7,9H,8,14H2,1-3H3. The Labute approximate surface area is 95.8 Å². The number of hydrogen-bond donors (Lipinski definition) is 1. The smallest absolute Gasteiger partial charge is 0.121 e. The normalized spacial score (nSPS) is 11.3. The van der Waals surface area contributed by atoms with Crippen molar-refractivity contribution < 1.29 is 4.74 Å². The van der Waals surface area contributed by atoms with Gasteiger partial charge in [-0.05, 0) is 32.0 Å². The SMILES string of the molecule is CC(C)Oc1ccc2cc(CN)n(C)c2c1. The molecule has 2 rings (SSSR count). The number of fused-ring (bicyclic) bond motifs is 1. The van der Waals surface area contributed by atoms with Gasteiger partial charge in [-0.1, -0.05) is 0 Å². The van der Waals surface area contributed by atoms with Gasteiger partial charge in [0.25, 0.3) is 0 Å². The minimum atomic E-state index is 0.201. The molecule has 1 aromatic heterocycles. The van der Waals surface area contributed by atoms with Gasteiger partial charge in [-0.25, -0.2) is 0 Å². The summed E-state index contributed by atoms with van der Waals surface area (Å²) in [5.41, 5.74) is 7.98. The molecule has 2 aromatic rings. The lowest BCUT2D eigenvalue weighted by atomic mass is 10.2. The van der Waals surface area contributed by atoms with E-state index in [2.05, 4.69) is 22.8 Å². The average Bonchev–Trinajstić information content (AvgIpc) is 2.55. The van der Waals surface area contributed by atoms with Crippen LogP contribution in [-0.4, -0.2) is 10.7 Å². The molecule has 1 heterocycles. The van der Waals surface area contributed by atoms with Crippen molar-refractivity contribution in [2.24, 2.45) is 12.8 Å². The first-order valence-corrected chi connectivity index (χ1v) is 5.57. The third kappa shape index (κ3) is 1.91. The summed E-state index contributed by atoms with van der Waals surface area (Å²) in [5.74, 6) is 0.910. The summed E-state index contributed by atoms with van der Waals surface area (Å²) in [6.45, 7) is 4.62. The summed E-state index contributed by atoms with van der Waals surface area (Å²) in [4.78, 5) is 0. The molecule has 1 aromatic carbocycles. The molecule has 3 heteroatoms. The second kappa shape index (κ2) is 4.18. The Bertz CT molecular complexity index is 500. The summed E-state index contributed by atoms with van der Waals surface area (Å²) in [7, 11) is 2.03. The fraction of sp³-hybridized carbons (Fsp3) is 0.385. The van der Waals surface area contributed by atoms with Crippen LogP contribution in [0.4, 0.5) is 0 Å². The fourth-order valence-electron chi connectivity index (χ4n) is 1.91. The maximum absolute atomic E-state index is 5.68. The zero-order valence-electron chi connectivity index (χ0n) is 10.0. The van der Waals surface area contributed by atoms with Gasteiger partial charge in [-0.3, -0.25) is 0 Å². The molecule has 0 aliphatic rings. The Morgan fingerprint density at radius 1 is 1.31 bits per heavy atom. The van der Waals surface area contributed by atoms with Gasteiger partial charge in [0.1, 0.15) is 5.75 Å². The lowest BCUT2D eigenvalue weighted by Crippen LogP contribution is -2.05. The van der Waals surface area contributed by atoms with Crippen LogP contribution in [0.5, 0.6) is 5.75 Å². The van der Waals surface area contributed by atoms with E-state index in [0.717, 1.165) is 11.4 Å². The minimum absolute atomic E-state index is 0.201. The van der Waals surface area contributed by atoms with Gasteiger partial charge < -0.3 is 15.0 Å². The van der Waals surface area contributed by atoms with Crippen molar-refractivity contribution in [3.63, 3.8) is 0 Å².